The number of rotatable bonds is 6. The minimum atomic E-state index is 0.311. The van der Waals surface area contributed by atoms with Crippen molar-refractivity contribution in [2.24, 2.45) is 0 Å². The van der Waals surface area contributed by atoms with Crippen molar-refractivity contribution in [3.8, 4) is 0 Å². The SMILES string of the molecule is CCC(C)SCc1ncc(C(C)NC)c(C)n1. The van der Waals surface area contributed by atoms with Crippen molar-refractivity contribution in [3.63, 3.8) is 0 Å². The van der Waals surface area contributed by atoms with Gasteiger partial charge in [-0.25, -0.2) is 9.97 Å². The first-order chi connectivity index (χ1) is 8.08. The molecule has 0 aliphatic heterocycles. The summed E-state index contributed by atoms with van der Waals surface area (Å²) in [6.07, 6.45) is 3.15. The highest BCUT2D eigenvalue weighted by molar-refractivity contribution is 7.99. The summed E-state index contributed by atoms with van der Waals surface area (Å²) in [5.41, 5.74) is 2.27. The second kappa shape index (κ2) is 6.97. The molecule has 0 amide bonds. The van der Waals surface area contributed by atoms with Gasteiger partial charge in [-0.15, -0.1) is 0 Å². The Morgan fingerprint density at radius 3 is 2.65 bits per heavy atom. The van der Waals surface area contributed by atoms with Gasteiger partial charge in [-0.05, 0) is 27.3 Å². The van der Waals surface area contributed by atoms with Crippen molar-refractivity contribution in [1.29, 1.82) is 0 Å². The number of nitrogens with zero attached hydrogens (tertiary/aromatic N) is 2. The number of nitrogens with one attached hydrogen (secondary N) is 1. The Morgan fingerprint density at radius 2 is 2.12 bits per heavy atom. The van der Waals surface area contributed by atoms with Crippen molar-refractivity contribution in [3.05, 3.63) is 23.3 Å². The highest BCUT2D eigenvalue weighted by atomic mass is 32.2. The van der Waals surface area contributed by atoms with Crippen molar-refractivity contribution < 1.29 is 0 Å². The molecule has 0 bridgehead atoms. The van der Waals surface area contributed by atoms with Crippen molar-refractivity contribution in [2.45, 2.75) is 51.2 Å². The molecule has 0 saturated carbocycles. The molecule has 2 atom stereocenters. The molecule has 2 unspecified atom stereocenters. The maximum absolute atomic E-state index is 4.58. The Labute approximate surface area is 109 Å². The van der Waals surface area contributed by atoms with E-state index in [-0.39, 0.29) is 0 Å². The van der Waals surface area contributed by atoms with Crippen LogP contribution in [0.5, 0.6) is 0 Å². The maximum Gasteiger partial charge on any atom is 0.138 e. The van der Waals surface area contributed by atoms with Crippen LogP contribution in [0.1, 0.15) is 50.3 Å². The van der Waals surface area contributed by atoms with Gasteiger partial charge in [0.2, 0.25) is 0 Å². The monoisotopic (exact) mass is 253 g/mol. The molecule has 0 aliphatic rings. The summed E-state index contributed by atoms with van der Waals surface area (Å²) in [6, 6.07) is 0.311. The van der Waals surface area contributed by atoms with Crippen molar-refractivity contribution >= 4 is 11.8 Å². The molecule has 1 aromatic rings. The van der Waals surface area contributed by atoms with Crippen LogP contribution >= 0.6 is 11.8 Å². The number of thioether (sulfide) groups is 1. The highest BCUT2D eigenvalue weighted by Gasteiger charge is 2.09. The summed E-state index contributed by atoms with van der Waals surface area (Å²) >= 11 is 1.92. The zero-order valence-corrected chi connectivity index (χ0v) is 12.3. The number of aryl methyl sites for hydroxylation is 1. The molecule has 1 rings (SSSR count). The Kier molecular flexibility index (Phi) is 5.92. The zero-order valence-electron chi connectivity index (χ0n) is 11.4. The molecule has 1 aromatic heterocycles. The summed E-state index contributed by atoms with van der Waals surface area (Å²) in [5.74, 6) is 1.85. The Morgan fingerprint density at radius 1 is 1.41 bits per heavy atom. The van der Waals surface area contributed by atoms with E-state index in [2.05, 4.69) is 43.0 Å². The molecule has 1 N–H and O–H groups in total. The van der Waals surface area contributed by atoms with Gasteiger partial charge in [0, 0.05) is 28.7 Å². The normalized spacial score (nSPS) is 14.6. The average molecular weight is 253 g/mol. The topological polar surface area (TPSA) is 37.8 Å². The van der Waals surface area contributed by atoms with Crippen LogP contribution in [-0.4, -0.2) is 22.3 Å². The van der Waals surface area contributed by atoms with Crippen molar-refractivity contribution in [2.75, 3.05) is 7.05 Å². The molecule has 4 heteroatoms. The number of aromatic nitrogens is 2. The van der Waals surface area contributed by atoms with Crippen LogP contribution in [0.2, 0.25) is 0 Å². The summed E-state index contributed by atoms with van der Waals surface area (Å²) in [7, 11) is 1.96. The first-order valence-corrected chi connectivity index (χ1v) is 7.24. The standard InChI is InChI=1S/C13H23N3S/c1-6-9(2)17-8-13-15-7-12(10(3)14-5)11(4)16-13/h7,9-10,14H,6,8H2,1-5H3. The number of hydrogen-bond donors (Lipinski definition) is 1. The van der Waals surface area contributed by atoms with Gasteiger partial charge in [0.25, 0.3) is 0 Å². The second-order valence-electron chi connectivity index (χ2n) is 4.37. The van der Waals surface area contributed by atoms with E-state index >= 15 is 0 Å². The van der Waals surface area contributed by atoms with Gasteiger partial charge in [-0.1, -0.05) is 13.8 Å². The predicted molar refractivity (Wildman–Crippen MR) is 75.3 cm³/mol. The van der Waals surface area contributed by atoms with Crippen LogP contribution in [-0.2, 0) is 5.75 Å². The quantitative estimate of drug-likeness (QED) is 0.845. The Bertz CT molecular complexity index is 355. The van der Waals surface area contributed by atoms with Crippen molar-refractivity contribution in [1.82, 2.24) is 15.3 Å². The van der Waals surface area contributed by atoms with E-state index < -0.39 is 0 Å². The van der Waals surface area contributed by atoms with Crippen LogP contribution in [0.4, 0.5) is 0 Å². The molecule has 0 fully saturated rings. The van der Waals surface area contributed by atoms with Crippen LogP contribution in [0.15, 0.2) is 6.20 Å². The highest BCUT2D eigenvalue weighted by Crippen LogP contribution is 2.19. The first-order valence-electron chi connectivity index (χ1n) is 6.19. The molecule has 0 spiro atoms. The second-order valence-corrected chi connectivity index (χ2v) is 5.79. The zero-order chi connectivity index (χ0) is 12.8. The molecule has 0 aliphatic carbocycles. The summed E-state index contributed by atoms with van der Waals surface area (Å²) < 4.78 is 0. The van der Waals surface area contributed by atoms with Crippen LogP contribution in [0, 0.1) is 6.92 Å². The van der Waals surface area contributed by atoms with Gasteiger partial charge in [-0.3, -0.25) is 0 Å². The first kappa shape index (κ1) is 14.5. The lowest BCUT2D eigenvalue weighted by Gasteiger charge is -2.13. The van der Waals surface area contributed by atoms with Gasteiger partial charge < -0.3 is 5.32 Å². The predicted octanol–water partition coefficient (Wildman–Crippen LogP) is 3.10. The fraction of sp³-hybridized carbons (Fsp3) is 0.692. The van der Waals surface area contributed by atoms with E-state index in [4.69, 9.17) is 0 Å². The molecule has 0 radical (unpaired) electrons. The van der Waals surface area contributed by atoms with E-state index in [1.54, 1.807) is 0 Å². The largest absolute Gasteiger partial charge is 0.313 e. The Balaban J connectivity index is 2.68. The van der Waals surface area contributed by atoms with Crippen LogP contribution in [0.25, 0.3) is 0 Å². The molecule has 96 valence electrons. The molecule has 3 nitrogen and oxygen atoms in total. The molecule has 1 heterocycles. The van der Waals surface area contributed by atoms with E-state index in [1.165, 1.54) is 12.0 Å². The minimum absolute atomic E-state index is 0.311. The maximum atomic E-state index is 4.58. The molecule has 0 saturated heterocycles. The van der Waals surface area contributed by atoms with Gasteiger partial charge in [0.05, 0.1) is 5.75 Å². The summed E-state index contributed by atoms with van der Waals surface area (Å²) in [4.78, 5) is 9.02. The Hall–Kier alpha value is -0.610. The van der Waals surface area contributed by atoms with E-state index in [0.717, 1.165) is 17.3 Å². The molecule has 17 heavy (non-hydrogen) atoms. The third-order valence-electron chi connectivity index (χ3n) is 3.04. The number of hydrogen-bond acceptors (Lipinski definition) is 4. The van der Waals surface area contributed by atoms with E-state index in [1.807, 2.05) is 25.0 Å². The lowest BCUT2D eigenvalue weighted by molar-refractivity contribution is 0.639. The molecular weight excluding hydrogens is 230 g/mol. The molecular formula is C13H23N3S. The van der Waals surface area contributed by atoms with E-state index in [0.29, 0.717) is 11.3 Å². The average Bonchev–Trinajstić information content (AvgIpc) is 2.35. The van der Waals surface area contributed by atoms with Gasteiger partial charge >= 0.3 is 0 Å². The van der Waals surface area contributed by atoms with Gasteiger partial charge in [0.15, 0.2) is 0 Å². The van der Waals surface area contributed by atoms with E-state index in [9.17, 15) is 0 Å². The minimum Gasteiger partial charge on any atom is -0.313 e. The third-order valence-corrected chi connectivity index (χ3v) is 4.37. The van der Waals surface area contributed by atoms with Gasteiger partial charge in [-0.2, -0.15) is 11.8 Å². The van der Waals surface area contributed by atoms with Crippen LogP contribution < -0.4 is 5.32 Å². The summed E-state index contributed by atoms with van der Waals surface area (Å²) in [5, 5.41) is 3.89. The lowest BCUT2D eigenvalue weighted by Crippen LogP contribution is -2.15. The fourth-order valence-electron chi connectivity index (χ4n) is 1.51. The van der Waals surface area contributed by atoms with Gasteiger partial charge in [0.1, 0.15) is 5.82 Å². The molecule has 0 aromatic carbocycles. The fourth-order valence-corrected chi connectivity index (χ4v) is 2.32. The lowest BCUT2D eigenvalue weighted by atomic mass is 10.1. The third kappa shape index (κ3) is 4.28. The van der Waals surface area contributed by atoms with Crippen LogP contribution in [0.3, 0.4) is 0 Å². The summed E-state index contributed by atoms with van der Waals surface area (Å²) in [6.45, 7) is 8.64. The smallest absolute Gasteiger partial charge is 0.138 e.